The van der Waals surface area contributed by atoms with Gasteiger partial charge in [0.05, 0.1) is 16.8 Å². The second-order valence-corrected chi connectivity index (χ2v) is 18.9. The van der Waals surface area contributed by atoms with Crippen molar-refractivity contribution in [2.45, 2.75) is 68.7 Å². The van der Waals surface area contributed by atoms with Crippen LogP contribution in [0.1, 0.15) is 98.6 Å². The fourth-order valence-electron chi connectivity index (χ4n) is 8.18. The van der Waals surface area contributed by atoms with Crippen LogP contribution in [0.2, 0.25) is 0 Å². The highest BCUT2D eigenvalue weighted by molar-refractivity contribution is 9.10. The molecule has 15 nitrogen and oxygen atoms in total. The SMILES string of the molecule is CCO/N=C(/c1ccc(Br)cc1)C1CCN(C2(C)CCN(C(=O)c3c(C)cc[n+]([O-])c3C)CC2)CC1.O=C1c2cccc(S(=O)(=O)O)c2C(=O)c2cccc(S(=O)(=O)O)c21. The summed E-state index contributed by atoms with van der Waals surface area (Å²) >= 11 is 3.52. The number of halogens is 1. The number of nitrogens with zero attached hydrogens (tertiary/aromatic N) is 4. The first-order chi connectivity index (χ1) is 28.3. The van der Waals surface area contributed by atoms with Crippen LogP contribution in [0.4, 0.5) is 0 Å². The summed E-state index contributed by atoms with van der Waals surface area (Å²) in [5.41, 5.74) is 2.28. The van der Waals surface area contributed by atoms with E-state index in [1.807, 2.05) is 18.7 Å². The third-order valence-corrected chi connectivity index (χ3v) is 13.8. The van der Waals surface area contributed by atoms with Crippen LogP contribution in [-0.4, -0.2) is 97.3 Å². The predicted molar refractivity (Wildman–Crippen MR) is 224 cm³/mol. The maximum absolute atomic E-state index is 13.3. The van der Waals surface area contributed by atoms with Gasteiger partial charge >= 0.3 is 0 Å². The van der Waals surface area contributed by atoms with Crippen molar-refractivity contribution in [1.82, 2.24) is 9.80 Å². The maximum Gasteiger partial charge on any atom is 0.295 e. The van der Waals surface area contributed by atoms with Crippen LogP contribution in [0.25, 0.3) is 0 Å². The molecule has 1 amide bonds. The molecule has 1 aliphatic carbocycles. The number of hydrogen-bond acceptors (Lipinski definition) is 11. The zero-order valence-electron chi connectivity index (χ0n) is 33.4. The lowest BCUT2D eigenvalue weighted by molar-refractivity contribution is -0.612. The summed E-state index contributed by atoms with van der Waals surface area (Å²) < 4.78 is 66.2. The number of pyridine rings is 1. The van der Waals surface area contributed by atoms with Gasteiger partial charge in [-0.1, -0.05) is 57.5 Å². The molecule has 2 fully saturated rings. The monoisotopic (exact) mass is 924 g/mol. The van der Waals surface area contributed by atoms with Crippen molar-refractivity contribution >= 4 is 59.4 Å². The minimum Gasteiger partial charge on any atom is -0.618 e. The van der Waals surface area contributed by atoms with Crippen molar-refractivity contribution < 1.29 is 49.9 Å². The molecule has 3 aromatic carbocycles. The summed E-state index contributed by atoms with van der Waals surface area (Å²) in [5, 5.41) is 16.6. The zero-order chi connectivity index (χ0) is 43.7. The first-order valence-corrected chi connectivity index (χ1v) is 22.9. The largest absolute Gasteiger partial charge is 0.618 e. The van der Waals surface area contributed by atoms with Gasteiger partial charge in [0.1, 0.15) is 22.0 Å². The molecule has 18 heteroatoms. The molecule has 0 saturated carbocycles. The Bertz CT molecular complexity index is 2510. The van der Waals surface area contributed by atoms with E-state index in [1.54, 1.807) is 13.0 Å². The Balaban J connectivity index is 0.000000218. The number of ketones is 2. The smallest absolute Gasteiger partial charge is 0.295 e. The molecule has 2 aliphatic heterocycles. The molecular formula is C42H45BrN4O11S2. The van der Waals surface area contributed by atoms with Crippen molar-refractivity contribution in [3.8, 4) is 0 Å². The van der Waals surface area contributed by atoms with E-state index in [4.69, 9.17) is 4.84 Å². The third-order valence-electron chi connectivity index (χ3n) is 11.5. The Kier molecular flexibility index (Phi) is 13.1. The second-order valence-electron chi connectivity index (χ2n) is 15.2. The summed E-state index contributed by atoms with van der Waals surface area (Å²) in [6.45, 7) is 11.9. The van der Waals surface area contributed by atoms with Crippen molar-refractivity contribution in [1.29, 1.82) is 0 Å². The number of aromatic nitrogens is 1. The second kappa shape index (κ2) is 17.6. The molecular weight excluding hydrogens is 881 g/mol. The molecule has 0 radical (unpaired) electrons. The van der Waals surface area contributed by atoms with Crippen LogP contribution in [-0.2, 0) is 25.1 Å². The third kappa shape index (κ3) is 9.08. The van der Waals surface area contributed by atoms with E-state index in [9.17, 15) is 45.5 Å². The number of piperidine rings is 2. The van der Waals surface area contributed by atoms with Crippen LogP contribution < -0.4 is 4.73 Å². The summed E-state index contributed by atoms with van der Waals surface area (Å²) in [6.07, 6.45) is 5.40. The minimum atomic E-state index is -4.78. The molecule has 318 valence electrons. The standard InChI is InChI=1S/C28H37BrN4O3.C14H8O8S2/c1-5-36-30-26(22-6-8-24(29)9-7-22)23-11-15-32(16-12-23)28(4)13-18-31(19-14-28)27(34)25-20(2)10-17-33(35)21(25)3;15-13-7-3-1-5-9(23(17,18)19)11(7)14(16)8-4-2-6-10(12(8)13)24(20,21)22/h6-10,17,23H,5,11-16,18-19H2,1-4H3;1-6H,(H,17,18,19)(H,20,21,22)/b30-26-;. The molecule has 3 heterocycles. The lowest BCUT2D eigenvalue weighted by Crippen LogP contribution is -2.57. The van der Waals surface area contributed by atoms with Crippen molar-refractivity contribution in [2.75, 3.05) is 32.8 Å². The van der Waals surface area contributed by atoms with Gasteiger partial charge in [-0.15, -0.1) is 0 Å². The molecule has 7 rings (SSSR count). The Hall–Kier alpha value is -4.85. The van der Waals surface area contributed by atoms with E-state index in [0.717, 1.165) is 101 Å². The van der Waals surface area contributed by atoms with Gasteiger partial charge in [-0.25, -0.2) is 0 Å². The first kappa shape index (κ1) is 44.7. The first-order valence-electron chi connectivity index (χ1n) is 19.3. The minimum absolute atomic E-state index is 0.0257. The van der Waals surface area contributed by atoms with Crippen molar-refractivity contribution in [2.24, 2.45) is 11.1 Å². The molecule has 0 bridgehead atoms. The van der Waals surface area contributed by atoms with Crippen LogP contribution in [0.15, 0.2) is 92.3 Å². The molecule has 60 heavy (non-hydrogen) atoms. The van der Waals surface area contributed by atoms with Gasteiger partial charge in [0, 0.05) is 53.1 Å². The number of carbonyl (C=O) groups excluding carboxylic acids is 3. The molecule has 2 saturated heterocycles. The number of oxime groups is 1. The summed E-state index contributed by atoms with van der Waals surface area (Å²) in [6, 6.07) is 16.5. The van der Waals surface area contributed by atoms with E-state index < -0.39 is 52.7 Å². The fourth-order valence-corrected chi connectivity index (χ4v) is 9.86. The number of amides is 1. The highest BCUT2D eigenvalue weighted by Crippen LogP contribution is 2.36. The van der Waals surface area contributed by atoms with Gasteiger partial charge in [0.2, 0.25) is 5.69 Å². The lowest BCUT2D eigenvalue weighted by atomic mass is 9.82. The van der Waals surface area contributed by atoms with Gasteiger partial charge < -0.3 is 14.9 Å². The Morgan fingerprint density at radius 2 is 1.38 bits per heavy atom. The number of hydrogen-bond donors (Lipinski definition) is 2. The number of rotatable bonds is 8. The molecule has 3 aliphatic rings. The van der Waals surface area contributed by atoms with Gasteiger partial charge in [0.15, 0.2) is 17.8 Å². The van der Waals surface area contributed by atoms with Crippen LogP contribution in [0.3, 0.4) is 0 Å². The molecule has 0 atom stereocenters. The normalized spacial score (nSPS) is 17.3. The molecule has 4 aromatic rings. The summed E-state index contributed by atoms with van der Waals surface area (Å²) in [7, 11) is -9.56. The van der Waals surface area contributed by atoms with Gasteiger partial charge in [-0.3, -0.25) is 28.4 Å². The van der Waals surface area contributed by atoms with Gasteiger partial charge in [-0.05, 0) is 94.9 Å². The molecule has 2 N–H and O–H groups in total. The van der Waals surface area contributed by atoms with Crippen LogP contribution in [0, 0.1) is 25.0 Å². The molecule has 1 aromatic heterocycles. The van der Waals surface area contributed by atoms with E-state index in [0.29, 0.717) is 36.9 Å². The highest BCUT2D eigenvalue weighted by atomic mass is 79.9. The fraction of sp³-hybridized carbons (Fsp3) is 0.357. The van der Waals surface area contributed by atoms with Crippen molar-refractivity contribution in [3.63, 3.8) is 0 Å². The number of likely N-dealkylation sites (tertiary alicyclic amines) is 2. The summed E-state index contributed by atoms with van der Waals surface area (Å²) in [4.78, 5) is 47.0. The van der Waals surface area contributed by atoms with E-state index >= 15 is 0 Å². The van der Waals surface area contributed by atoms with Crippen LogP contribution in [0.5, 0.6) is 0 Å². The molecule has 0 unspecified atom stereocenters. The van der Waals surface area contributed by atoms with Crippen LogP contribution >= 0.6 is 15.9 Å². The Morgan fingerprint density at radius 3 is 1.87 bits per heavy atom. The Labute approximate surface area is 357 Å². The maximum atomic E-state index is 13.3. The van der Waals surface area contributed by atoms with E-state index in [1.165, 1.54) is 6.20 Å². The predicted octanol–water partition coefficient (Wildman–Crippen LogP) is 5.80. The lowest BCUT2D eigenvalue weighted by Gasteiger charge is -2.49. The summed E-state index contributed by atoms with van der Waals surface area (Å²) in [5.74, 6) is -1.55. The highest BCUT2D eigenvalue weighted by Gasteiger charge is 2.41. The number of benzene rings is 3. The van der Waals surface area contributed by atoms with E-state index in [-0.39, 0.29) is 22.6 Å². The number of aryl methyl sites for hydroxylation is 1. The van der Waals surface area contributed by atoms with E-state index in [2.05, 4.69) is 57.2 Å². The number of carbonyl (C=O) groups is 3. The average molecular weight is 926 g/mol. The van der Waals surface area contributed by atoms with Crippen molar-refractivity contribution in [3.05, 3.63) is 127 Å². The Morgan fingerprint density at radius 1 is 0.867 bits per heavy atom. The number of fused-ring (bicyclic) bond motifs is 2. The topological polar surface area (TPSA) is 215 Å². The molecule has 0 spiro atoms. The average Bonchev–Trinajstić information content (AvgIpc) is 3.21. The van der Waals surface area contributed by atoms with Gasteiger partial charge in [0.25, 0.3) is 26.1 Å². The quantitative estimate of drug-likeness (QED) is 0.0621. The van der Waals surface area contributed by atoms with Gasteiger partial charge in [-0.2, -0.15) is 21.6 Å². The zero-order valence-corrected chi connectivity index (χ0v) is 36.6.